The smallest absolute Gasteiger partial charge is 0.328 e. The summed E-state index contributed by atoms with van der Waals surface area (Å²) in [6, 6.07) is 22.1. The Hall–Kier alpha value is -3.49. The first-order chi connectivity index (χ1) is 16.9. The van der Waals surface area contributed by atoms with Crippen molar-refractivity contribution in [1.29, 1.82) is 0 Å². The Morgan fingerprint density at radius 1 is 0.971 bits per heavy atom. The Morgan fingerprint density at radius 3 is 2.43 bits per heavy atom. The number of nitrogens with zero attached hydrogens (tertiary/aromatic N) is 1. The van der Waals surface area contributed by atoms with Gasteiger partial charge in [0.2, 0.25) is 10.0 Å². The van der Waals surface area contributed by atoms with Crippen molar-refractivity contribution in [3.63, 3.8) is 0 Å². The van der Waals surface area contributed by atoms with Crippen molar-refractivity contribution in [2.24, 2.45) is 0 Å². The number of rotatable bonds is 8. The Labute approximate surface area is 205 Å². The molecule has 1 atom stereocenters. The molecule has 1 aliphatic rings. The van der Waals surface area contributed by atoms with Crippen molar-refractivity contribution in [1.82, 2.24) is 9.62 Å². The summed E-state index contributed by atoms with van der Waals surface area (Å²) in [7, 11) is -3.80. The first-order valence-electron chi connectivity index (χ1n) is 11.6. The number of carbonyl (C=O) groups is 2. The van der Waals surface area contributed by atoms with E-state index in [2.05, 4.69) is 5.32 Å². The van der Waals surface area contributed by atoms with Crippen molar-refractivity contribution in [2.75, 3.05) is 13.2 Å². The lowest BCUT2D eigenvalue weighted by Crippen LogP contribution is -2.43. The third kappa shape index (κ3) is 5.78. The molecule has 0 saturated carbocycles. The molecule has 1 amide bonds. The molecule has 182 valence electrons. The van der Waals surface area contributed by atoms with E-state index in [1.54, 1.807) is 6.92 Å². The summed E-state index contributed by atoms with van der Waals surface area (Å²) in [6.07, 6.45) is 0.896. The van der Waals surface area contributed by atoms with Crippen LogP contribution in [0.25, 0.3) is 0 Å². The Kier molecular flexibility index (Phi) is 7.63. The van der Waals surface area contributed by atoms with Gasteiger partial charge in [0.05, 0.1) is 11.5 Å². The van der Waals surface area contributed by atoms with Crippen molar-refractivity contribution >= 4 is 21.9 Å². The van der Waals surface area contributed by atoms with E-state index in [0.29, 0.717) is 13.0 Å². The van der Waals surface area contributed by atoms with Gasteiger partial charge in [0.15, 0.2) is 0 Å². The highest BCUT2D eigenvalue weighted by Crippen LogP contribution is 2.25. The number of sulfonamides is 1. The molecule has 0 spiro atoms. The van der Waals surface area contributed by atoms with Crippen LogP contribution >= 0.6 is 0 Å². The van der Waals surface area contributed by atoms with Crippen LogP contribution in [0, 0.1) is 0 Å². The van der Waals surface area contributed by atoms with Gasteiger partial charge in [-0.1, -0.05) is 60.7 Å². The number of carbonyl (C=O) groups excluding carboxylic acids is 2. The normalized spacial score (nSPS) is 14.5. The molecule has 1 N–H and O–H groups in total. The minimum absolute atomic E-state index is 0.0419. The quantitative estimate of drug-likeness (QED) is 0.487. The monoisotopic (exact) mass is 492 g/mol. The Balaban J connectivity index is 1.53. The topological polar surface area (TPSA) is 92.8 Å². The number of esters is 1. The van der Waals surface area contributed by atoms with Crippen molar-refractivity contribution in [2.45, 2.75) is 37.2 Å². The highest BCUT2D eigenvalue weighted by Gasteiger charge is 2.29. The van der Waals surface area contributed by atoms with E-state index in [4.69, 9.17) is 4.74 Å². The molecule has 1 aliphatic heterocycles. The number of hydrogen-bond acceptors (Lipinski definition) is 5. The van der Waals surface area contributed by atoms with E-state index in [0.717, 1.165) is 16.7 Å². The number of amides is 1. The SMILES string of the molecule is CCOC(=O)C(Cc1ccccc1)NC(=O)c1cccc(S(=O)(=O)N2CCc3ccccc3C2)c1. The molecule has 3 aromatic carbocycles. The zero-order chi connectivity index (χ0) is 24.8. The predicted molar refractivity (Wildman–Crippen MR) is 132 cm³/mol. The van der Waals surface area contributed by atoms with Crippen LogP contribution in [-0.4, -0.2) is 43.8 Å². The molecular weight excluding hydrogens is 464 g/mol. The van der Waals surface area contributed by atoms with Crippen LogP contribution in [0.5, 0.6) is 0 Å². The second-order valence-corrected chi connectivity index (χ2v) is 10.3. The van der Waals surface area contributed by atoms with E-state index in [9.17, 15) is 18.0 Å². The van der Waals surface area contributed by atoms with Crippen molar-refractivity contribution < 1.29 is 22.7 Å². The summed E-state index contributed by atoms with van der Waals surface area (Å²) in [5.41, 5.74) is 3.16. The molecule has 7 nitrogen and oxygen atoms in total. The molecule has 4 rings (SSSR count). The van der Waals surface area contributed by atoms with Gasteiger partial charge >= 0.3 is 5.97 Å². The predicted octanol–water partition coefficient (Wildman–Crippen LogP) is 3.34. The van der Waals surface area contributed by atoms with E-state index in [1.165, 1.54) is 28.6 Å². The van der Waals surface area contributed by atoms with Crippen LogP contribution in [0.3, 0.4) is 0 Å². The maximum Gasteiger partial charge on any atom is 0.328 e. The molecule has 8 heteroatoms. The Morgan fingerprint density at radius 2 is 1.69 bits per heavy atom. The van der Waals surface area contributed by atoms with Crippen LogP contribution in [0.1, 0.15) is 34.0 Å². The highest BCUT2D eigenvalue weighted by atomic mass is 32.2. The van der Waals surface area contributed by atoms with Gasteiger partial charge in [-0.3, -0.25) is 4.79 Å². The summed E-state index contributed by atoms with van der Waals surface area (Å²) in [5.74, 6) is -1.08. The molecule has 0 saturated heterocycles. The first-order valence-corrected chi connectivity index (χ1v) is 13.0. The molecule has 1 unspecified atom stereocenters. The second-order valence-electron chi connectivity index (χ2n) is 8.35. The lowest BCUT2D eigenvalue weighted by atomic mass is 10.0. The van der Waals surface area contributed by atoms with E-state index >= 15 is 0 Å². The van der Waals surface area contributed by atoms with Gasteiger partial charge in [-0.05, 0) is 48.2 Å². The highest BCUT2D eigenvalue weighted by molar-refractivity contribution is 7.89. The molecule has 3 aromatic rings. The van der Waals surface area contributed by atoms with Crippen LogP contribution in [0.4, 0.5) is 0 Å². The largest absolute Gasteiger partial charge is 0.464 e. The molecule has 0 aliphatic carbocycles. The van der Waals surface area contributed by atoms with Crippen LogP contribution < -0.4 is 5.32 Å². The summed E-state index contributed by atoms with van der Waals surface area (Å²) in [4.78, 5) is 25.6. The third-order valence-electron chi connectivity index (χ3n) is 5.99. The Bertz CT molecular complexity index is 1310. The average molecular weight is 493 g/mol. The number of nitrogens with one attached hydrogen (secondary N) is 1. The van der Waals surface area contributed by atoms with Crippen molar-refractivity contribution in [3.8, 4) is 0 Å². The summed E-state index contributed by atoms with van der Waals surface area (Å²) < 4.78 is 33.3. The van der Waals surface area contributed by atoms with E-state index in [1.807, 2.05) is 54.6 Å². The minimum atomic E-state index is -3.80. The van der Waals surface area contributed by atoms with Crippen LogP contribution in [0.2, 0.25) is 0 Å². The maximum atomic E-state index is 13.3. The van der Waals surface area contributed by atoms with Gasteiger partial charge in [0.1, 0.15) is 6.04 Å². The summed E-state index contributed by atoms with van der Waals surface area (Å²) in [6.45, 7) is 2.55. The maximum absolute atomic E-state index is 13.3. The fourth-order valence-corrected chi connectivity index (χ4v) is 5.61. The zero-order valence-electron chi connectivity index (χ0n) is 19.5. The number of fused-ring (bicyclic) bond motifs is 1. The fraction of sp³-hybridized carbons (Fsp3) is 0.259. The number of hydrogen-bond donors (Lipinski definition) is 1. The van der Waals surface area contributed by atoms with E-state index in [-0.39, 0.29) is 30.0 Å². The first kappa shape index (κ1) is 24.6. The molecule has 0 aromatic heterocycles. The van der Waals surface area contributed by atoms with Gasteiger partial charge in [0, 0.05) is 25.1 Å². The minimum Gasteiger partial charge on any atom is -0.464 e. The summed E-state index contributed by atoms with van der Waals surface area (Å²) in [5, 5.41) is 2.72. The number of ether oxygens (including phenoxy) is 1. The molecule has 0 fully saturated rings. The van der Waals surface area contributed by atoms with Gasteiger partial charge in [-0.25, -0.2) is 13.2 Å². The van der Waals surface area contributed by atoms with Crippen LogP contribution in [0.15, 0.2) is 83.8 Å². The zero-order valence-corrected chi connectivity index (χ0v) is 20.3. The average Bonchev–Trinajstić information content (AvgIpc) is 2.88. The van der Waals surface area contributed by atoms with E-state index < -0.39 is 27.9 Å². The van der Waals surface area contributed by atoms with Gasteiger partial charge < -0.3 is 10.1 Å². The second kappa shape index (κ2) is 10.8. The lowest BCUT2D eigenvalue weighted by molar-refractivity contribution is -0.145. The molecule has 0 radical (unpaired) electrons. The standard InChI is InChI=1S/C27H28N2O5S/c1-2-34-27(31)25(17-20-9-4-3-5-10-20)28-26(30)22-13-8-14-24(18-22)35(32,33)29-16-15-21-11-6-7-12-23(21)19-29/h3-14,18,25H,2,15-17,19H2,1H3,(H,28,30). The molecule has 35 heavy (non-hydrogen) atoms. The fourth-order valence-electron chi connectivity index (χ4n) is 4.15. The lowest BCUT2D eigenvalue weighted by Gasteiger charge is -2.28. The third-order valence-corrected chi connectivity index (χ3v) is 7.83. The molecular formula is C27H28N2O5S. The molecule has 0 bridgehead atoms. The van der Waals surface area contributed by atoms with Crippen LogP contribution in [-0.2, 0) is 38.9 Å². The van der Waals surface area contributed by atoms with Gasteiger partial charge in [0.25, 0.3) is 5.91 Å². The van der Waals surface area contributed by atoms with Gasteiger partial charge in [-0.2, -0.15) is 4.31 Å². The molecule has 1 heterocycles. The summed E-state index contributed by atoms with van der Waals surface area (Å²) >= 11 is 0. The van der Waals surface area contributed by atoms with Crippen molar-refractivity contribution in [3.05, 3.63) is 101 Å². The number of benzene rings is 3. The van der Waals surface area contributed by atoms with Gasteiger partial charge in [-0.15, -0.1) is 0 Å².